The highest BCUT2D eigenvalue weighted by atomic mass is 16.2. The average molecular weight is 264 g/mol. The minimum atomic E-state index is -0.154. The number of piperidine rings is 1. The van der Waals surface area contributed by atoms with Crippen LogP contribution in [0, 0.1) is 0 Å². The molecule has 1 fully saturated rings. The third-order valence-electron chi connectivity index (χ3n) is 2.88. The Morgan fingerprint density at radius 1 is 1.47 bits per heavy atom. The molecule has 0 aliphatic carbocycles. The van der Waals surface area contributed by atoms with Crippen molar-refractivity contribution in [3.8, 4) is 0 Å². The number of pyridine rings is 1. The van der Waals surface area contributed by atoms with Gasteiger partial charge in [0.2, 0.25) is 0 Å². The van der Waals surface area contributed by atoms with Crippen LogP contribution >= 0.6 is 0 Å². The molecular formula is C14H24N4O. The Morgan fingerprint density at radius 3 is 2.89 bits per heavy atom. The molecule has 2 heterocycles. The number of urea groups is 1. The maximum absolute atomic E-state index is 11.7. The summed E-state index contributed by atoms with van der Waals surface area (Å²) in [6, 6.07) is 3.70. The van der Waals surface area contributed by atoms with E-state index in [-0.39, 0.29) is 12.1 Å². The molecule has 106 valence electrons. The largest absolute Gasteiger partial charge is 0.334 e. The minimum absolute atomic E-state index is 0.154. The van der Waals surface area contributed by atoms with Gasteiger partial charge in [-0.1, -0.05) is 13.8 Å². The molecule has 5 heteroatoms. The third-order valence-corrected chi connectivity index (χ3v) is 2.88. The van der Waals surface area contributed by atoms with Crippen LogP contribution in [-0.4, -0.2) is 42.1 Å². The van der Waals surface area contributed by atoms with Crippen molar-refractivity contribution in [3.63, 3.8) is 0 Å². The lowest BCUT2D eigenvalue weighted by atomic mass is 10.1. The van der Waals surface area contributed by atoms with Crippen molar-refractivity contribution in [1.82, 2.24) is 15.2 Å². The molecule has 0 radical (unpaired) electrons. The first-order chi connectivity index (χ1) is 9.24. The Kier molecular flexibility index (Phi) is 6.89. The molecule has 2 rings (SSSR count). The molecule has 19 heavy (non-hydrogen) atoms. The van der Waals surface area contributed by atoms with Gasteiger partial charge >= 0.3 is 6.03 Å². The van der Waals surface area contributed by atoms with Gasteiger partial charge in [-0.2, -0.15) is 0 Å². The van der Waals surface area contributed by atoms with Gasteiger partial charge in [0, 0.05) is 18.8 Å². The number of hydrogen-bond acceptors (Lipinski definition) is 3. The van der Waals surface area contributed by atoms with Gasteiger partial charge in [-0.3, -0.25) is 4.98 Å². The summed E-state index contributed by atoms with van der Waals surface area (Å²) in [5.41, 5.74) is 0.717. The summed E-state index contributed by atoms with van der Waals surface area (Å²) in [6.07, 6.45) is 5.49. The van der Waals surface area contributed by atoms with E-state index in [0.717, 1.165) is 25.9 Å². The van der Waals surface area contributed by atoms with Gasteiger partial charge in [0.15, 0.2) is 0 Å². The van der Waals surface area contributed by atoms with E-state index in [1.165, 1.54) is 0 Å². The summed E-state index contributed by atoms with van der Waals surface area (Å²) in [4.78, 5) is 17.9. The van der Waals surface area contributed by atoms with Crippen LogP contribution in [0.4, 0.5) is 10.5 Å². The highest BCUT2D eigenvalue weighted by molar-refractivity contribution is 5.89. The molecule has 0 saturated carbocycles. The number of amides is 2. The second-order valence-electron chi connectivity index (χ2n) is 4.44. The molecule has 1 aromatic heterocycles. The Labute approximate surface area is 115 Å². The fourth-order valence-electron chi connectivity index (χ4n) is 2.07. The molecule has 1 aliphatic rings. The molecule has 1 saturated heterocycles. The van der Waals surface area contributed by atoms with Gasteiger partial charge in [0.25, 0.3) is 0 Å². The van der Waals surface area contributed by atoms with E-state index in [1.807, 2.05) is 19.9 Å². The predicted octanol–water partition coefficient (Wildman–Crippen LogP) is 2.32. The number of rotatable bonds is 2. The molecular weight excluding hydrogens is 240 g/mol. The molecule has 2 amide bonds. The van der Waals surface area contributed by atoms with Crippen LogP contribution in [0.2, 0.25) is 0 Å². The van der Waals surface area contributed by atoms with E-state index in [0.29, 0.717) is 5.69 Å². The highest BCUT2D eigenvalue weighted by Crippen LogP contribution is 2.08. The van der Waals surface area contributed by atoms with Crippen molar-refractivity contribution < 1.29 is 4.79 Å². The van der Waals surface area contributed by atoms with E-state index >= 15 is 0 Å². The maximum Gasteiger partial charge on any atom is 0.319 e. The van der Waals surface area contributed by atoms with E-state index < -0.39 is 0 Å². The van der Waals surface area contributed by atoms with Crippen LogP contribution < -0.4 is 10.6 Å². The van der Waals surface area contributed by atoms with E-state index in [1.54, 1.807) is 18.5 Å². The zero-order valence-corrected chi connectivity index (χ0v) is 12.0. The van der Waals surface area contributed by atoms with Crippen molar-refractivity contribution in [2.75, 3.05) is 25.5 Å². The standard InChI is InChI=1S/C12H18N4O.C2H6/c1-16-7-3-5-11(9-16)15-12(17)14-10-4-2-6-13-8-10;1-2/h2,4,6,8,11H,3,5,7,9H2,1H3,(H2,14,15,17);1-2H3/t11-;/m1./s1. The van der Waals surface area contributed by atoms with Gasteiger partial charge < -0.3 is 15.5 Å². The molecule has 1 atom stereocenters. The zero-order chi connectivity index (χ0) is 14.1. The molecule has 5 nitrogen and oxygen atoms in total. The Balaban J connectivity index is 0.000000861. The topological polar surface area (TPSA) is 57.3 Å². The maximum atomic E-state index is 11.7. The van der Waals surface area contributed by atoms with Crippen LogP contribution in [0.15, 0.2) is 24.5 Å². The van der Waals surface area contributed by atoms with Gasteiger partial charge in [-0.25, -0.2) is 4.79 Å². The lowest BCUT2D eigenvalue weighted by molar-refractivity contribution is 0.216. The second-order valence-corrected chi connectivity index (χ2v) is 4.44. The number of hydrogen-bond donors (Lipinski definition) is 2. The predicted molar refractivity (Wildman–Crippen MR) is 78.3 cm³/mol. The Hall–Kier alpha value is -1.62. The fraction of sp³-hybridized carbons (Fsp3) is 0.571. The van der Waals surface area contributed by atoms with E-state index in [4.69, 9.17) is 0 Å². The number of aromatic nitrogens is 1. The monoisotopic (exact) mass is 264 g/mol. The first kappa shape index (κ1) is 15.4. The first-order valence-electron chi connectivity index (χ1n) is 6.90. The smallest absolute Gasteiger partial charge is 0.319 e. The SMILES string of the molecule is CC.CN1CCC[C@@H](NC(=O)Nc2cccnc2)C1. The number of likely N-dealkylation sites (tertiary alicyclic amines) is 1. The zero-order valence-electron chi connectivity index (χ0n) is 12.0. The summed E-state index contributed by atoms with van der Waals surface area (Å²) in [6.45, 7) is 6.03. The van der Waals surface area contributed by atoms with Crippen LogP contribution in [0.25, 0.3) is 0 Å². The van der Waals surface area contributed by atoms with Gasteiger partial charge in [-0.15, -0.1) is 0 Å². The summed E-state index contributed by atoms with van der Waals surface area (Å²) in [5, 5.41) is 5.75. The van der Waals surface area contributed by atoms with Crippen LogP contribution in [-0.2, 0) is 0 Å². The van der Waals surface area contributed by atoms with Crippen molar-refractivity contribution >= 4 is 11.7 Å². The quantitative estimate of drug-likeness (QED) is 0.862. The molecule has 0 unspecified atom stereocenters. The van der Waals surface area contributed by atoms with Gasteiger partial charge in [-0.05, 0) is 38.6 Å². The molecule has 1 aromatic rings. The number of carbonyl (C=O) groups excluding carboxylic acids is 1. The van der Waals surface area contributed by atoms with Crippen LogP contribution in [0.3, 0.4) is 0 Å². The van der Waals surface area contributed by atoms with Crippen LogP contribution in [0.1, 0.15) is 26.7 Å². The highest BCUT2D eigenvalue weighted by Gasteiger charge is 2.18. The molecule has 1 aliphatic heterocycles. The van der Waals surface area contributed by atoms with Crippen molar-refractivity contribution in [2.45, 2.75) is 32.7 Å². The summed E-state index contributed by atoms with van der Waals surface area (Å²) in [5.74, 6) is 0. The second kappa shape index (κ2) is 8.48. The fourth-order valence-corrected chi connectivity index (χ4v) is 2.07. The van der Waals surface area contributed by atoms with Crippen molar-refractivity contribution in [1.29, 1.82) is 0 Å². The summed E-state index contributed by atoms with van der Waals surface area (Å²) in [7, 11) is 2.08. The molecule has 2 N–H and O–H groups in total. The van der Waals surface area contributed by atoms with E-state index in [9.17, 15) is 4.79 Å². The Bertz CT molecular complexity index is 369. The Morgan fingerprint density at radius 2 is 2.26 bits per heavy atom. The van der Waals surface area contributed by atoms with Gasteiger partial charge in [0.05, 0.1) is 11.9 Å². The summed E-state index contributed by atoms with van der Waals surface area (Å²) >= 11 is 0. The lowest BCUT2D eigenvalue weighted by Gasteiger charge is -2.30. The minimum Gasteiger partial charge on any atom is -0.334 e. The number of carbonyl (C=O) groups is 1. The lowest BCUT2D eigenvalue weighted by Crippen LogP contribution is -2.47. The van der Waals surface area contributed by atoms with Crippen molar-refractivity contribution in [3.05, 3.63) is 24.5 Å². The number of likely N-dealkylation sites (N-methyl/N-ethyl adjacent to an activating group) is 1. The summed E-state index contributed by atoms with van der Waals surface area (Å²) < 4.78 is 0. The molecule has 0 bridgehead atoms. The normalized spacial score (nSPS) is 19.0. The van der Waals surface area contributed by atoms with Gasteiger partial charge in [0.1, 0.15) is 0 Å². The number of anilines is 1. The first-order valence-corrected chi connectivity index (χ1v) is 6.90. The average Bonchev–Trinajstić information content (AvgIpc) is 2.42. The third kappa shape index (κ3) is 5.70. The molecule has 0 spiro atoms. The van der Waals surface area contributed by atoms with E-state index in [2.05, 4.69) is 27.6 Å². The number of nitrogens with zero attached hydrogens (tertiary/aromatic N) is 2. The van der Waals surface area contributed by atoms with Crippen LogP contribution in [0.5, 0.6) is 0 Å². The number of nitrogens with one attached hydrogen (secondary N) is 2. The molecule has 0 aromatic carbocycles. The van der Waals surface area contributed by atoms with Crippen molar-refractivity contribution in [2.24, 2.45) is 0 Å².